The molecule has 2 heteroatoms. The molecule has 0 bridgehead atoms. The topological polar surface area (TPSA) is 15.3 Å². The minimum atomic E-state index is 0.516. The molecule has 0 aliphatic carbocycles. The zero-order chi connectivity index (χ0) is 9.47. The van der Waals surface area contributed by atoms with E-state index in [2.05, 4.69) is 31.0 Å². The van der Waals surface area contributed by atoms with Crippen molar-refractivity contribution in [1.29, 1.82) is 0 Å². The number of likely N-dealkylation sites (tertiary alicyclic amines) is 1. The van der Waals surface area contributed by atoms with Crippen LogP contribution in [0.1, 0.15) is 27.2 Å². The van der Waals surface area contributed by atoms with Crippen molar-refractivity contribution in [3.8, 4) is 0 Å². The van der Waals surface area contributed by atoms with E-state index < -0.39 is 0 Å². The predicted molar refractivity (Wildman–Crippen MR) is 55.8 cm³/mol. The summed E-state index contributed by atoms with van der Waals surface area (Å²) in [6, 6.07) is 0.846. The number of nitrogens with zero attached hydrogens (tertiary/aromatic N) is 1. The zero-order valence-corrected chi connectivity index (χ0v) is 9.14. The van der Waals surface area contributed by atoms with Gasteiger partial charge in [-0.3, -0.25) is 4.90 Å². The summed E-state index contributed by atoms with van der Waals surface area (Å²) in [5.74, 6) is 0.924. The molecule has 76 valence electrons. The van der Waals surface area contributed by atoms with Crippen molar-refractivity contribution < 1.29 is 0 Å². The van der Waals surface area contributed by atoms with Gasteiger partial charge in [-0.1, -0.05) is 20.8 Å². The SMILES string of the molecule is CC(C)(C)C1CN(C2CCNC2)C1. The Morgan fingerprint density at radius 1 is 1.23 bits per heavy atom. The molecule has 1 atom stereocenters. The Bertz CT molecular complexity index is 171. The molecular weight excluding hydrogens is 160 g/mol. The van der Waals surface area contributed by atoms with E-state index >= 15 is 0 Å². The van der Waals surface area contributed by atoms with Crippen LogP contribution in [0.5, 0.6) is 0 Å². The summed E-state index contributed by atoms with van der Waals surface area (Å²) in [4.78, 5) is 2.65. The summed E-state index contributed by atoms with van der Waals surface area (Å²) in [5.41, 5.74) is 0.516. The molecule has 0 aromatic heterocycles. The highest BCUT2D eigenvalue weighted by atomic mass is 15.2. The molecule has 2 aliphatic heterocycles. The van der Waals surface area contributed by atoms with E-state index in [4.69, 9.17) is 0 Å². The Morgan fingerprint density at radius 3 is 2.38 bits per heavy atom. The van der Waals surface area contributed by atoms with Gasteiger partial charge in [0.1, 0.15) is 0 Å². The molecule has 0 aromatic carbocycles. The first-order valence-corrected chi connectivity index (χ1v) is 5.52. The van der Waals surface area contributed by atoms with Crippen LogP contribution in [-0.4, -0.2) is 37.1 Å². The van der Waals surface area contributed by atoms with E-state index in [0.717, 1.165) is 12.0 Å². The fraction of sp³-hybridized carbons (Fsp3) is 1.00. The average Bonchev–Trinajstić information content (AvgIpc) is 2.31. The van der Waals surface area contributed by atoms with Gasteiger partial charge in [-0.2, -0.15) is 0 Å². The molecule has 0 radical (unpaired) electrons. The lowest BCUT2D eigenvalue weighted by molar-refractivity contribution is -0.00140. The minimum Gasteiger partial charge on any atom is -0.315 e. The Morgan fingerprint density at radius 2 is 1.92 bits per heavy atom. The summed E-state index contributed by atoms with van der Waals surface area (Å²) in [6.45, 7) is 12.2. The molecular formula is C11H22N2. The molecule has 13 heavy (non-hydrogen) atoms. The molecule has 0 aromatic rings. The predicted octanol–water partition coefficient (Wildman–Crippen LogP) is 1.33. The standard InChI is InChI=1S/C11H22N2/c1-11(2,3)9-7-13(8-9)10-4-5-12-6-10/h9-10,12H,4-8H2,1-3H3. The molecule has 2 saturated heterocycles. The first-order chi connectivity index (χ1) is 6.07. The van der Waals surface area contributed by atoms with Crippen LogP contribution in [-0.2, 0) is 0 Å². The smallest absolute Gasteiger partial charge is 0.0232 e. The summed E-state index contributed by atoms with van der Waals surface area (Å²) < 4.78 is 0. The first kappa shape index (κ1) is 9.47. The Balaban J connectivity index is 1.78. The maximum Gasteiger partial charge on any atom is 0.0232 e. The van der Waals surface area contributed by atoms with Crippen molar-refractivity contribution in [2.75, 3.05) is 26.2 Å². The van der Waals surface area contributed by atoms with Crippen molar-refractivity contribution in [2.24, 2.45) is 11.3 Å². The highest BCUT2D eigenvalue weighted by Gasteiger charge is 2.39. The number of hydrogen-bond acceptors (Lipinski definition) is 2. The van der Waals surface area contributed by atoms with Crippen molar-refractivity contribution in [3.05, 3.63) is 0 Å². The van der Waals surface area contributed by atoms with Gasteiger partial charge in [0, 0.05) is 25.7 Å². The monoisotopic (exact) mass is 182 g/mol. The fourth-order valence-electron chi connectivity index (χ4n) is 2.31. The molecule has 2 heterocycles. The third kappa shape index (κ3) is 1.89. The lowest BCUT2D eigenvalue weighted by Crippen LogP contribution is -2.56. The molecule has 0 amide bonds. The van der Waals surface area contributed by atoms with Crippen molar-refractivity contribution >= 4 is 0 Å². The first-order valence-electron chi connectivity index (χ1n) is 5.52. The van der Waals surface area contributed by atoms with E-state index in [1.165, 1.54) is 32.6 Å². The minimum absolute atomic E-state index is 0.516. The molecule has 0 spiro atoms. The lowest BCUT2D eigenvalue weighted by Gasteiger charge is -2.49. The van der Waals surface area contributed by atoms with Gasteiger partial charge in [0.2, 0.25) is 0 Å². The van der Waals surface area contributed by atoms with E-state index in [0.29, 0.717) is 5.41 Å². The second-order valence-corrected chi connectivity index (χ2v) is 5.66. The van der Waals surface area contributed by atoms with Crippen LogP contribution in [0.4, 0.5) is 0 Å². The average molecular weight is 182 g/mol. The molecule has 2 rings (SSSR count). The van der Waals surface area contributed by atoms with Crippen molar-refractivity contribution in [2.45, 2.75) is 33.2 Å². The van der Waals surface area contributed by atoms with Crippen LogP contribution in [0.2, 0.25) is 0 Å². The van der Waals surface area contributed by atoms with Crippen LogP contribution >= 0.6 is 0 Å². The summed E-state index contributed by atoms with van der Waals surface area (Å²) in [6.07, 6.45) is 1.36. The highest BCUT2D eigenvalue weighted by Crippen LogP contribution is 2.35. The van der Waals surface area contributed by atoms with E-state index in [9.17, 15) is 0 Å². The van der Waals surface area contributed by atoms with Crippen LogP contribution in [0.25, 0.3) is 0 Å². The third-order valence-corrected chi connectivity index (χ3v) is 3.69. The summed E-state index contributed by atoms with van der Waals surface area (Å²) >= 11 is 0. The second-order valence-electron chi connectivity index (χ2n) is 5.66. The number of hydrogen-bond donors (Lipinski definition) is 1. The van der Waals surface area contributed by atoms with E-state index in [-0.39, 0.29) is 0 Å². The van der Waals surface area contributed by atoms with Gasteiger partial charge in [-0.25, -0.2) is 0 Å². The normalized spacial score (nSPS) is 32.1. The number of rotatable bonds is 1. The number of nitrogens with one attached hydrogen (secondary N) is 1. The molecule has 1 unspecified atom stereocenters. The molecule has 2 aliphatic rings. The maximum absolute atomic E-state index is 3.43. The van der Waals surface area contributed by atoms with Gasteiger partial charge in [-0.05, 0) is 24.3 Å². The molecule has 0 saturated carbocycles. The molecule has 2 fully saturated rings. The van der Waals surface area contributed by atoms with Gasteiger partial charge >= 0.3 is 0 Å². The lowest BCUT2D eigenvalue weighted by atomic mass is 9.75. The van der Waals surface area contributed by atoms with Crippen LogP contribution in [0, 0.1) is 11.3 Å². The van der Waals surface area contributed by atoms with Crippen molar-refractivity contribution in [3.63, 3.8) is 0 Å². The zero-order valence-electron chi connectivity index (χ0n) is 9.14. The van der Waals surface area contributed by atoms with Gasteiger partial charge in [0.25, 0.3) is 0 Å². The highest BCUT2D eigenvalue weighted by molar-refractivity contribution is 4.93. The Hall–Kier alpha value is -0.0800. The molecule has 1 N–H and O–H groups in total. The fourth-order valence-corrected chi connectivity index (χ4v) is 2.31. The Labute approximate surface area is 81.7 Å². The van der Waals surface area contributed by atoms with Crippen LogP contribution < -0.4 is 5.32 Å². The summed E-state index contributed by atoms with van der Waals surface area (Å²) in [7, 11) is 0. The Kier molecular flexibility index (Phi) is 2.37. The summed E-state index contributed by atoms with van der Waals surface area (Å²) in [5, 5.41) is 3.43. The largest absolute Gasteiger partial charge is 0.315 e. The quantitative estimate of drug-likeness (QED) is 0.658. The third-order valence-electron chi connectivity index (χ3n) is 3.69. The van der Waals surface area contributed by atoms with E-state index in [1.54, 1.807) is 0 Å². The van der Waals surface area contributed by atoms with E-state index in [1.807, 2.05) is 0 Å². The van der Waals surface area contributed by atoms with Crippen LogP contribution in [0.3, 0.4) is 0 Å². The maximum atomic E-state index is 3.43. The van der Waals surface area contributed by atoms with Gasteiger partial charge in [0.05, 0.1) is 0 Å². The van der Waals surface area contributed by atoms with Crippen LogP contribution in [0.15, 0.2) is 0 Å². The van der Waals surface area contributed by atoms with Gasteiger partial charge in [-0.15, -0.1) is 0 Å². The second kappa shape index (κ2) is 3.25. The molecule has 2 nitrogen and oxygen atoms in total. The van der Waals surface area contributed by atoms with Gasteiger partial charge in [0.15, 0.2) is 0 Å². The van der Waals surface area contributed by atoms with Crippen molar-refractivity contribution in [1.82, 2.24) is 10.2 Å². The van der Waals surface area contributed by atoms with Gasteiger partial charge < -0.3 is 5.32 Å².